The van der Waals surface area contributed by atoms with Crippen molar-refractivity contribution < 1.29 is 65.1 Å². The molecule has 4 aliphatic heterocycles. The first-order chi connectivity index (χ1) is 34.9. The normalized spacial score (nSPS) is 21.5. The number of thiophene rings is 1. The van der Waals surface area contributed by atoms with Gasteiger partial charge in [0.25, 0.3) is 11.8 Å². The van der Waals surface area contributed by atoms with Crippen molar-refractivity contribution >= 4 is 74.3 Å². The van der Waals surface area contributed by atoms with Crippen LogP contribution in [-0.4, -0.2) is 125 Å². The summed E-state index contributed by atoms with van der Waals surface area (Å²) >= 11 is 0.935. The Hall–Kier alpha value is -5.88. The summed E-state index contributed by atoms with van der Waals surface area (Å²) in [5, 5.41) is 4.28. The average molecular weight is 1080 g/mol. The SMILES string of the molecule is CC(C)(C)C(NC(=O)c1cc2cc(C(F)(F)P(=O)(O)O)ccc2s1)C(=O)N1C[C@@H](OCCCCCCC#Cc2cccc3c2CN(C2CCC(=O)NC2=O)C3=O)C[C@H]1C(=O)N1CCS(=O)(=O)C(c2ccccc2)C1. The van der Waals surface area contributed by atoms with Gasteiger partial charge in [-0.05, 0) is 71.5 Å². The second-order valence-electron chi connectivity index (χ2n) is 20.2. The van der Waals surface area contributed by atoms with Crippen LogP contribution in [0.3, 0.4) is 0 Å². The van der Waals surface area contributed by atoms with Crippen molar-refractivity contribution in [3.63, 3.8) is 0 Å². The van der Waals surface area contributed by atoms with Gasteiger partial charge in [-0.3, -0.25) is 38.6 Å². The zero-order chi connectivity index (χ0) is 53.3. The lowest BCUT2D eigenvalue weighted by Gasteiger charge is -2.38. The van der Waals surface area contributed by atoms with Gasteiger partial charge in [0.2, 0.25) is 23.6 Å². The molecule has 0 saturated carbocycles. The third-order valence-electron chi connectivity index (χ3n) is 14.0. The van der Waals surface area contributed by atoms with Crippen molar-refractivity contribution in [2.45, 2.75) is 114 Å². The molecule has 3 aromatic carbocycles. The van der Waals surface area contributed by atoms with E-state index in [0.29, 0.717) is 40.8 Å². The Labute approximate surface area is 431 Å². The maximum absolute atomic E-state index is 14.9. The monoisotopic (exact) mass is 1080 g/mol. The summed E-state index contributed by atoms with van der Waals surface area (Å²) in [6, 6.07) is 15.3. The Kier molecular flexibility index (Phi) is 16.0. The van der Waals surface area contributed by atoms with Crippen LogP contribution < -0.4 is 10.6 Å². The minimum atomic E-state index is -5.86. The van der Waals surface area contributed by atoms with Gasteiger partial charge in [0, 0.05) is 73.4 Å². The molecule has 0 bridgehead atoms. The number of nitrogens with one attached hydrogen (secondary N) is 2. The number of ether oxygens (including phenoxy) is 1. The number of imide groups is 1. The number of halogens is 2. The summed E-state index contributed by atoms with van der Waals surface area (Å²) < 4.78 is 74.1. The number of piperidine rings is 1. The molecule has 0 spiro atoms. The minimum Gasteiger partial charge on any atom is -0.376 e. The molecular formula is C52H58F2N5O12PS2. The van der Waals surface area contributed by atoms with Gasteiger partial charge in [-0.2, -0.15) is 8.78 Å². The molecule has 4 aliphatic rings. The smallest absolute Gasteiger partial charge is 0.376 e. The van der Waals surface area contributed by atoms with Crippen LogP contribution in [0.5, 0.6) is 0 Å². The molecule has 74 heavy (non-hydrogen) atoms. The molecular weight excluding hydrogens is 1020 g/mol. The van der Waals surface area contributed by atoms with E-state index in [0.717, 1.165) is 48.3 Å². The van der Waals surface area contributed by atoms with Crippen molar-refractivity contribution in [3.8, 4) is 11.8 Å². The number of nitrogens with zero attached hydrogens (tertiary/aromatic N) is 3. The lowest BCUT2D eigenvalue weighted by Crippen LogP contribution is -2.59. The molecule has 5 heterocycles. The molecule has 3 fully saturated rings. The zero-order valence-electron chi connectivity index (χ0n) is 41.1. The molecule has 394 valence electrons. The second-order valence-corrected chi connectivity index (χ2v) is 25.2. The van der Waals surface area contributed by atoms with Gasteiger partial charge < -0.3 is 34.5 Å². The number of rotatable bonds is 15. The molecule has 8 rings (SSSR count). The lowest BCUT2D eigenvalue weighted by atomic mass is 9.85. The van der Waals surface area contributed by atoms with E-state index in [2.05, 4.69) is 22.5 Å². The van der Waals surface area contributed by atoms with Gasteiger partial charge in [-0.25, -0.2) is 8.42 Å². The topological polar surface area (TPSA) is 237 Å². The number of likely N-dealkylation sites (tertiary alicyclic amines) is 1. The van der Waals surface area contributed by atoms with Gasteiger partial charge in [-0.1, -0.05) is 87.9 Å². The van der Waals surface area contributed by atoms with Crippen LogP contribution in [0.25, 0.3) is 10.1 Å². The van der Waals surface area contributed by atoms with Crippen molar-refractivity contribution in [2.24, 2.45) is 5.41 Å². The first-order valence-electron chi connectivity index (χ1n) is 24.5. The summed E-state index contributed by atoms with van der Waals surface area (Å²) in [7, 11) is -9.47. The zero-order valence-corrected chi connectivity index (χ0v) is 43.6. The van der Waals surface area contributed by atoms with E-state index in [9.17, 15) is 60.3 Å². The van der Waals surface area contributed by atoms with E-state index in [1.807, 2.05) is 6.07 Å². The summed E-state index contributed by atoms with van der Waals surface area (Å²) in [6.45, 7) is 5.55. The highest BCUT2D eigenvalue weighted by Gasteiger charge is 2.51. The molecule has 0 radical (unpaired) electrons. The number of amides is 6. The predicted molar refractivity (Wildman–Crippen MR) is 270 cm³/mol. The van der Waals surface area contributed by atoms with Crippen LogP contribution in [0.2, 0.25) is 0 Å². The maximum atomic E-state index is 14.9. The fourth-order valence-corrected chi connectivity index (χ4v) is 13.0. The van der Waals surface area contributed by atoms with Gasteiger partial charge in [0.1, 0.15) is 23.4 Å². The van der Waals surface area contributed by atoms with Crippen molar-refractivity contribution in [2.75, 3.05) is 32.0 Å². The van der Waals surface area contributed by atoms with Crippen LogP contribution in [0.1, 0.15) is 120 Å². The molecule has 4 N–H and O–H groups in total. The third-order valence-corrected chi connectivity index (χ3v) is 18.1. The predicted octanol–water partition coefficient (Wildman–Crippen LogP) is 6.02. The summed E-state index contributed by atoms with van der Waals surface area (Å²) in [5.41, 5.74) is -3.82. The molecule has 17 nitrogen and oxygen atoms in total. The van der Waals surface area contributed by atoms with Gasteiger partial charge in [0.05, 0.1) is 16.7 Å². The number of alkyl halides is 2. The molecule has 22 heteroatoms. The van der Waals surface area contributed by atoms with Gasteiger partial charge in [-0.15, -0.1) is 11.3 Å². The number of carbonyl (C=O) groups is 6. The minimum absolute atomic E-state index is 0.00104. The molecule has 6 amide bonds. The van der Waals surface area contributed by atoms with Crippen LogP contribution in [0.15, 0.2) is 72.8 Å². The summed E-state index contributed by atoms with van der Waals surface area (Å²) in [5.74, 6) is 3.29. The number of fused-ring (bicyclic) bond motifs is 2. The molecule has 0 aliphatic carbocycles. The quantitative estimate of drug-likeness (QED) is 0.0463. The number of hydrogen-bond donors (Lipinski definition) is 4. The Morgan fingerprint density at radius 3 is 2.43 bits per heavy atom. The van der Waals surface area contributed by atoms with E-state index in [1.54, 1.807) is 63.2 Å². The highest BCUT2D eigenvalue weighted by atomic mass is 32.2. The highest BCUT2D eigenvalue weighted by molar-refractivity contribution is 7.91. The van der Waals surface area contributed by atoms with Gasteiger partial charge >= 0.3 is 13.3 Å². The standard InChI is InChI=1S/C52H58F2N5O12PS2/c1-51(2,3)45(56-47(62)42-27-34-26-35(19-21-41(34)73-42)52(53,54)72(66,67)68)50(65)58-29-36(28-40(58)49(64)57-23-25-74(69,70)43(31-57)33-15-10-8-11-16-33)71-24-12-7-5-4-6-9-14-32-17-13-18-37-38(32)30-59(48(37)63)39-20-22-44(60)55-46(39)61/h8,10-11,13,15-19,21,26-27,36,39-40,43,45H,4-7,12,20,22-25,28-31H2,1-3H3,(H,56,62)(H,55,60,61)(H2,66,67,68)/t36-,39?,40-,43?,45?/m0/s1. The fourth-order valence-electron chi connectivity index (χ4n) is 9.88. The number of benzene rings is 3. The molecule has 4 aromatic rings. The Balaban J connectivity index is 0.910. The first-order valence-corrected chi connectivity index (χ1v) is 28.6. The van der Waals surface area contributed by atoms with Crippen molar-refractivity contribution in [1.29, 1.82) is 0 Å². The fraction of sp³-hybridized carbons (Fsp3) is 0.462. The lowest BCUT2D eigenvalue weighted by molar-refractivity contribution is -0.146. The summed E-state index contributed by atoms with van der Waals surface area (Å²) in [4.78, 5) is 104. The van der Waals surface area contributed by atoms with Crippen LogP contribution in [0.4, 0.5) is 8.78 Å². The van der Waals surface area contributed by atoms with Gasteiger partial charge in [0.15, 0.2) is 9.84 Å². The number of carbonyl (C=O) groups excluding carboxylic acids is 6. The third kappa shape index (κ3) is 11.7. The highest BCUT2D eigenvalue weighted by Crippen LogP contribution is 2.59. The van der Waals surface area contributed by atoms with E-state index in [-0.39, 0.29) is 73.3 Å². The first kappa shape index (κ1) is 54.4. The van der Waals surface area contributed by atoms with Crippen LogP contribution in [-0.2, 0) is 50.5 Å². The van der Waals surface area contributed by atoms with E-state index in [4.69, 9.17) is 4.74 Å². The van der Waals surface area contributed by atoms with Crippen LogP contribution >= 0.6 is 18.9 Å². The van der Waals surface area contributed by atoms with Crippen molar-refractivity contribution in [1.82, 2.24) is 25.3 Å². The largest absolute Gasteiger partial charge is 0.399 e. The number of unbranched alkanes of at least 4 members (excludes halogenated alkanes) is 4. The second kappa shape index (κ2) is 21.8. The van der Waals surface area contributed by atoms with Crippen LogP contribution in [0, 0.1) is 17.3 Å². The number of sulfone groups is 1. The number of hydrogen-bond acceptors (Lipinski definition) is 11. The average Bonchev–Trinajstić information content (AvgIpc) is 4.07. The van der Waals surface area contributed by atoms with E-state index >= 15 is 0 Å². The summed E-state index contributed by atoms with van der Waals surface area (Å²) in [6.07, 6.45) is 3.64. The Morgan fingerprint density at radius 1 is 0.973 bits per heavy atom. The molecule has 3 saturated heterocycles. The molecule has 3 unspecified atom stereocenters. The van der Waals surface area contributed by atoms with Crippen molar-refractivity contribution in [3.05, 3.63) is 105 Å². The molecule has 5 atom stereocenters. The van der Waals surface area contributed by atoms with E-state index in [1.165, 1.54) is 26.8 Å². The Morgan fingerprint density at radius 2 is 1.72 bits per heavy atom. The molecule has 1 aromatic heterocycles. The Bertz CT molecular complexity index is 3090. The van der Waals surface area contributed by atoms with E-state index < -0.39 is 87.2 Å². The maximum Gasteiger partial charge on any atom is 0.399 e.